The monoisotopic (exact) mass is 358 g/mol. The van der Waals surface area contributed by atoms with Crippen molar-refractivity contribution in [3.63, 3.8) is 0 Å². The van der Waals surface area contributed by atoms with Gasteiger partial charge in [0.1, 0.15) is 5.52 Å². The van der Waals surface area contributed by atoms with E-state index in [1.54, 1.807) is 16.9 Å². The van der Waals surface area contributed by atoms with Crippen molar-refractivity contribution in [2.75, 3.05) is 5.32 Å². The molecule has 0 aliphatic heterocycles. The van der Waals surface area contributed by atoms with Gasteiger partial charge in [0.15, 0.2) is 11.6 Å². The van der Waals surface area contributed by atoms with E-state index in [9.17, 15) is 0 Å². The number of rotatable bonds is 4. The van der Waals surface area contributed by atoms with Crippen molar-refractivity contribution in [2.45, 2.75) is 25.8 Å². The molecule has 0 radical (unpaired) electrons. The van der Waals surface area contributed by atoms with Crippen molar-refractivity contribution in [2.24, 2.45) is 5.92 Å². The van der Waals surface area contributed by atoms with Crippen LogP contribution < -0.4 is 5.32 Å². The normalized spacial score (nSPS) is 15.9. The number of aromatic nitrogens is 5. The Morgan fingerprint density at radius 1 is 1.32 bits per heavy atom. The predicted octanol–water partition coefficient (Wildman–Crippen LogP) is 3.15. The summed E-state index contributed by atoms with van der Waals surface area (Å²) in [6, 6.07) is 2.00. The maximum absolute atomic E-state index is 4.59. The van der Waals surface area contributed by atoms with Crippen molar-refractivity contribution in [3.8, 4) is 0 Å². The molecule has 3 aromatic heterocycles. The molecule has 4 rings (SSSR count). The van der Waals surface area contributed by atoms with Gasteiger partial charge in [0.05, 0.1) is 16.7 Å². The van der Waals surface area contributed by atoms with E-state index < -0.39 is 0 Å². The molecule has 1 unspecified atom stereocenters. The SMILES string of the molecule is Cc1ccnc(C(Nc2nccn3ncc(Br)c23)C2CC2)n1. The van der Waals surface area contributed by atoms with Crippen LogP contribution in [0.2, 0.25) is 0 Å². The Hall–Kier alpha value is -2.02. The van der Waals surface area contributed by atoms with Crippen LogP contribution in [0.15, 0.2) is 35.3 Å². The summed E-state index contributed by atoms with van der Waals surface area (Å²) in [5.41, 5.74) is 1.91. The Morgan fingerprint density at radius 2 is 2.18 bits per heavy atom. The third-order valence-electron chi connectivity index (χ3n) is 3.86. The third-order valence-corrected chi connectivity index (χ3v) is 4.44. The zero-order chi connectivity index (χ0) is 15.1. The van der Waals surface area contributed by atoms with Crippen LogP contribution in [-0.2, 0) is 0 Å². The van der Waals surface area contributed by atoms with E-state index in [4.69, 9.17) is 0 Å². The molecule has 6 nitrogen and oxygen atoms in total. The zero-order valence-corrected chi connectivity index (χ0v) is 13.7. The lowest BCUT2D eigenvalue weighted by Gasteiger charge is -2.18. The van der Waals surface area contributed by atoms with E-state index in [1.807, 2.05) is 25.4 Å². The molecule has 0 saturated heterocycles. The molecule has 0 spiro atoms. The highest BCUT2D eigenvalue weighted by molar-refractivity contribution is 9.10. The fourth-order valence-corrected chi connectivity index (χ4v) is 3.06. The topological polar surface area (TPSA) is 68.0 Å². The van der Waals surface area contributed by atoms with Crippen molar-refractivity contribution in [1.82, 2.24) is 24.6 Å². The molecule has 7 heteroatoms. The number of halogens is 1. The standard InChI is InChI=1S/C15H15BrN6/c1-9-4-5-17-14(20-9)12(10-2-3-10)21-15-13-11(16)8-19-22(13)7-6-18-15/h4-8,10,12H,2-3H2,1H3,(H,18,21). The molecule has 0 bridgehead atoms. The Morgan fingerprint density at radius 3 is 2.95 bits per heavy atom. The Labute approximate surface area is 136 Å². The van der Waals surface area contributed by atoms with Gasteiger partial charge in [-0.15, -0.1) is 0 Å². The summed E-state index contributed by atoms with van der Waals surface area (Å²) in [7, 11) is 0. The molecule has 0 amide bonds. The second-order valence-electron chi connectivity index (χ2n) is 5.58. The second kappa shape index (κ2) is 5.31. The van der Waals surface area contributed by atoms with Crippen molar-refractivity contribution < 1.29 is 0 Å². The molecule has 112 valence electrons. The number of fused-ring (bicyclic) bond motifs is 1. The van der Waals surface area contributed by atoms with Gasteiger partial charge in [0.25, 0.3) is 0 Å². The fourth-order valence-electron chi connectivity index (χ4n) is 2.60. The zero-order valence-electron chi connectivity index (χ0n) is 12.1. The highest BCUT2D eigenvalue weighted by Gasteiger charge is 2.35. The van der Waals surface area contributed by atoms with Gasteiger partial charge < -0.3 is 5.32 Å². The predicted molar refractivity (Wildman–Crippen MR) is 86.5 cm³/mol. The summed E-state index contributed by atoms with van der Waals surface area (Å²) in [6.07, 6.45) is 9.56. The smallest absolute Gasteiger partial charge is 0.153 e. The lowest BCUT2D eigenvalue weighted by Crippen LogP contribution is -2.17. The summed E-state index contributed by atoms with van der Waals surface area (Å²) < 4.78 is 2.73. The number of nitrogens with one attached hydrogen (secondary N) is 1. The van der Waals surface area contributed by atoms with E-state index in [0.29, 0.717) is 5.92 Å². The number of hydrogen-bond acceptors (Lipinski definition) is 5. The highest BCUT2D eigenvalue weighted by atomic mass is 79.9. The average Bonchev–Trinajstić information content (AvgIpc) is 3.28. The van der Waals surface area contributed by atoms with E-state index >= 15 is 0 Å². The van der Waals surface area contributed by atoms with Gasteiger partial charge in [-0.1, -0.05) is 0 Å². The van der Waals surface area contributed by atoms with Crippen LogP contribution in [0.5, 0.6) is 0 Å². The second-order valence-corrected chi connectivity index (χ2v) is 6.43. The summed E-state index contributed by atoms with van der Waals surface area (Å²) in [6.45, 7) is 1.99. The quantitative estimate of drug-likeness (QED) is 0.775. The molecular weight excluding hydrogens is 344 g/mol. The molecule has 3 aromatic rings. The molecule has 1 fully saturated rings. The molecule has 22 heavy (non-hydrogen) atoms. The largest absolute Gasteiger partial charge is 0.358 e. The lowest BCUT2D eigenvalue weighted by atomic mass is 10.1. The molecule has 1 atom stereocenters. The Kier molecular flexibility index (Phi) is 3.29. The van der Waals surface area contributed by atoms with Crippen LogP contribution in [0.3, 0.4) is 0 Å². The molecular formula is C15H15BrN6. The first-order chi connectivity index (χ1) is 10.7. The van der Waals surface area contributed by atoms with Crippen LogP contribution >= 0.6 is 15.9 Å². The van der Waals surface area contributed by atoms with Gasteiger partial charge in [0.2, 0.25) is 0 Å². The minimum atomic E-state index is 0.0837. The maximum Gasteiger partial charge on any atom is 0.153 e. The Balaban J connectivity index is 1.74. The maximum atomic E-state index is 4.59. The average molecular weight is 359 g/mol. The van der Waals surface area contributed by atoms with Crippen molar-refractivity contribution in [3.05, 3.63) is 46.8 Å². The Bertz CT molecular complexity index is 826. The molecule has 1 aliphatic rings. The van der Waals surface area contributed by atoms with Gasteiger partial charge in [0, 0.05) is 24.3 Å². The van der Waals surface area contributed by atoms with Gasteiger partial charge in [-0.05, 0) is 47.7 Å². The van der Waals surface area contributed by atoms with Gasteiger partial charge >= 0.3 is 0 Å². The summed E-state index contributed by atoms with van der Waals surface area (Å²) in [5, 5.41) is 7.82. The lowest BCUT2D eigenvalue weighted by molar-refractivity contribution is 0.629. The number of hydrogen-bond donors (Lipinski definition) is 1. The number of aryl methyl sites for hydroxylation is 1. The molecule has 3 heterocycles. The molecule has 0 aromatic carbocycles. The van der Waals surface area contributed by atoms with Gasteiger partial charge in [-0.3, -0.25) is 0 Å². The van der Waals surface area contributed by atoms with E-state index in [2.05, 4.69) is 41.3 Å². The van der Waals surface area contributed by atoms with E-state index in [1.165, 1.54) is 12.8 Å². The minimum Gasteiger partial charge on any atom is -0.358 e. The van der Waals surface area contributed by atoms with Crippen LogP contribution in [0.1, 0.15) is 30.4 Å². The van der Waals surface area contributed by atoms with Gasteiger partial charge in [-0.25, -0.2) is 19.5 Å². The summed E-state index contributed by atoms with van der Waals surface area (Å²) >= 11 is 3.53. The highest BCUT2D eigenvalue weighted by Crippen LogP contribution is 2.42. The van der Waals surface area contributed by atoms with Crippen LogP contribution in [0, 0.1) is 12.8 Å². The van der Waals surface area contributed by atoms with Crippen molar-refractivity contribution in [1.29, 1.82) is 0 Å². The first-order valence-electron chi connectivity index (χ1n) is 7.26. The summed E-state index contributed by atoms with van der Waals surface area (Å²) in [5.74, 6) is 2.20. The molecule has 1 saturated carbocycles. The fraction of sp³-hybridized carbons (Fsp3) is 0.333. The van der Waals surface area contributed by atoms with Crippen LogP contribution in [-0.4, -0.2) is 24.6 Å². The van der Waals surface area contributed by atoms with Crippen LogP contribution in [0.4, 0.5) is 5.82 Å². The molecule has 1 N–H and O–H groups in total. The first-order valence-corrected chi connectivity index (χ1v) is 8.05. The van der Waals surface area contributed by atoms with Gasteiger partial charge in [-0.2, -0.15) is 5.10 Å². The summed E-state index contributed by atoms with van der Waals surface area (Å²) in [4.78, 5) is 13.5. The molecule has 1 aliphatic carbocycles. The minimum absolute atomic E-state index is 0.0837. The van der Waals surface area contributed by atoms with E-state index in [0.717, 1.165) is 27.3 Å². The van der Waals surface area contributed by atoms with E-state index in [-0.39, 0.29) is 6.04 Å². The van der Waals surface area contributed by atoms with Crippen LogP contribution in [0.25, 0.3) is 5.52 Å². The number of anilines is 1. The van der Waals surface area contributed by atoms with Crippen molar-refractivity contribution >= 4 is 27.3 Å². The first kappa shape index (κ1) is 13.6. The third kappa shape index (κ3) is 2.45. The number of nitrogens with zero attached hydrogens (tertiary/aromatic N) is 5.